The molecule has 8 heteroatoms. The third kappa shape index (κ3) is 2.77. The molecule has 0 atom stereocenters. The lowest BCUT2D eigenvalue weighted by molar-refractivity contribution is 0.102. The number of anilines is 1. The maximum Gasteiger partial charge on any atom is 0.265 e. The van der Waals surface area contributed by atoms with Crippen LogP contribution in [0.2, 0.25) is 0 Å². The second-order valence-electron chi connectivity index (χ2n) is 5.50. The smallest absolute Gasteiger partial charge is 0.265 e. The van der Waals surface area contributed by atoms with Crippen molar-refractivity contribution in [3.63, 3.8) is 0 Å². The third-order valence-electron chi connectivity index (χ3n) is 3.90. The summed E-state index contributed by atoms with van der Waals surface area (Å²) < 4.78 is 12.7. The highest BCUT2D eigenvalue weighted by molar-refractivity contribution is 7.24. The van der Waals surface area contributed by atoms with Crippen LogP contribution in [0.4, 0.5) is 5.13 Å². The van der Waals surface area contributed by atoms with E-state index in [1.165, 1.54) is 25.6 Å². The number of aromatic nitrogens is 2. The van der Waals surface area contributed by atoms with Gasteiger partial charge in [0.15, 0.2) is 5.13 Å². The lowest BCUT2D eigenvalue weighted by Crippen LogP contribution is -2.14. The summed E-state index contributed by atoms with van der Waals surface area (Å²) in [4.78, 5) is 21.9. The molecule has 0 fully saturated rings. The number of aryl methyl sites for hydroxylation is 1. The monoisotopic (exact) mass is 385 g/mol. The van der Waals surface area contributed by atoms with Crippen molar-refractivity contribution in [3.8, 4) is 11.5 Å². The number of carbonyl (C=O) groups excluding carboxylic acids is 1. The summed E-state index contributed by atoms with van der Waals surface area (Å²) in [6.07, 6.45) is 0. The largest absolute Gasteiger partial charge is 0.496 e. The van der Waals surface area contributed by atoms with Crippen molar-refractivity contribution in [1.29, 1.82) is 0 Å². The molecule has 0 radical (unpaired) electrons. The average Bonchev–Trinajstić information content (AvgIpc) is 3.22. The number of carbonyl (C=O) groups is 1. The average molecular weight is 385 g/mol. The minimum atomic E-state index is -0.330. The number of thiazole rings is 2. The van der Waals surface area contributed by atoms with Gasteiger partial charge in [-0.05, 0) is 31.2 Å². The van der Waals surface area contributed by atoms with Crippen LogP contribution < -0.4 is 14.8 Å². The first kappa shape index (κ1) is 16.7. The first-order valence-corrected chi connectivity index (χ1v) is 9.43. The molecule has 1 N–H and O–H groups in total. The summed E-state index contributed by atoms with van der Waals surface area (Å²) in [5, 5.41) is 4.37. The van der Waals surface area contributed by atoms with Crippen LogP contribution >= 0.6 is 22.7 Å². The fraction of sp³-hybridized carbons (Fsp3) is 0.167. The molecule has 26 heavy (non-hydrogen) atoms. The third-order valence-corrected chi connectivity index (χ3v) is 5.83. The van der Waals surface area contributed by atoms with E-state index in [1.807, 2.05) is 19.1 Å². The topological polar surface area (TPSA) is 73.3 Å². The van der Waals surface area contributed by atoms with Gasteiger partial charge < -0.3 is 9.47 Å². The molecule has 4 rings (SSSR count). The number of ether oxygens (including phenoxy) is 2. The van der Waals surface area contributed by atoms with Crippen molar-refractivity contribution < 1.29 is 14.3 Å². The van der Waals surface area contributed by atoms with Gasteiger partial charge in [-0.3, -0.25) is 10.1 Å². The van der Waals surface area contributed by atoms with E-state index in [9.17, 15) is 4.79 Å². The molecule has 0 saturated heterocycles. The molecule has 4 aromatic rings. The fourth-order valence-corrected chi connectivity index (χ4v) is 4.63. The molecule has 0 spiro atoms. The van der Waals surface area contributed by atoms with Crippen LogP contribution in [0.5, 0.6) is 11.5 Å². The fourth-order valence-electron chi connectivity index (χ4n) is 2.78. The van der Waals surface area contributed by atoms with Crippen LogP contribution in [0.25, 0.3) is 20.4 Å². The molecule has 2 heterocycles. The Hall–Kier alpha value is -2.71. The summed E-state index contributed by atoms with van der Waals surface area (Å²) >= 11 is 3.05. The van der Waals surface area contributed by atoms with Crippen molar-refractivity contribution in [1.82, 2.24) is 9.97 Å². The highest BCUT2D eigenvalue weighted by Crippen LogP contribution is 2.35. The molecule has 6 nitrogen and oxygen atoms in total. The first-order chi connectivity index (χ1) is 12.6. The van der Waals surface area contributed by atoms with E-state index >= 15 is 0 Å². The van der Waals surface area contributed by atoms with E-state index in [4.69, 9.17) is 9.47 Å². The van der Waals surface area contributed by atoms with Gasteiger partial charge in [0.2, 0.25) is 0 Å². The molecular formula is C18H15N3O3S2. The molecule has 0 aliphatic rings. The van der Waals surface area contributed by atoms with Gasteiger partial charge in [-0.25, -0.2) is 9.97 Å². The van der Waals surface area contributed by atoms with E-state index in [2.05, 4.69) is 15.3 Å². The van der Waals surface area contributed by atoms with Crippen molar-refractivity contribution in [3.05, 3.63) is 40.9 Å². The highest BCUT2D eigenvalue weighted by Gasteiger charge is 2.20. The summed E-state index contributed by atoms with van der Waals surface area (Å²) in [6.45, 7) is 1.98. The van der Waals surface area contributed by atoms with Crippen LogP contribution in [-0.4, -0.2) is 30.1 Å². The highest BCUT2D eigenvalue weighted by atomic mass is 32.1. The van der Waals surface area contributed by atoms with Gasteiger partial charge in [0.1, 0.15) is 22.6 Å². The Kier molecular flexibility index (Phi) is 4.21. The number of hydrogen-bond acceptors (Lipinski definition) is 7. The van der Waals surface area contributed by atoms with Gasteiger partial charge >= 0.3 is 0 Å². The van der Waals surface area contributed by atoms with E-state index in [0.717, 1.165) is 25.4 Å². The van der Waals surface area contributed by atoms with E-state index < -0.39 is 0 Å². The van der Waals surface area contributed by atoms with E-state index in [-0.39, 0.29) is 5.91 Å². The molecule has 2 aromatic heterocycles. The predicted octanol–water partition coefficient (Wildman–Crippen LogP) is 4.48. The zero-order valence-corrected chi connectivity index (χ0v) is 16.0. The summed E-state index contributed by atoms with van der Waals surface area (Å²) in [7, 11) is 3.04. The molecule has 0 aliphatic carbocycles. The lowest BCUT2D eigenvalue weighted by atomic mass is 10.1. The van der Waals surface area contributed by atoms with Crippen LogP contribution in [0.15, 0.2) is 30.3 Å². The Morgan fingerprint density at radius 2 is 1.77 bits per heavy atom. The van der Waals surface area contributed by atoms with E-state index in [1.54, 1.807) is 29.5 Å². The minimum absolute atomic E-state index is 0.330. The van der Waals surface area contributed by atoms with Crippen LogP contribution in [-0.2, 0) is 0 Å². The van der Waals surface area contributed by atoms with Crippen LogP contribution in [0, 0.1) is 6.92 Å². The van der Waals surface area contributed by atoms with Gasteiger partial charge in [-0.15, -0.1) is 11.3 Å². The Morgan fingerprint density at radius 3 is 2.46 bits per heavy atom. The standard InChI is InChI=1S/C18H15N3O3S2/c1-9-19-15-13(25-9)8-7-10-16(15)26-18(20-10)21-17(22)14-11(23-2)5-4-6-12(14)24-3/h4-8H,1-3H3,(H,20,21,22). The Bertz CT molecular complexity index is 1110. The summed E-state index contributed by atoms with van der Waals surface area (Å²) in [5.41, 5.74) is 2.08. The Labute approximate surface area is 157 Å². The summed E-state index contributed by atoms with van der Waals surface area (Å²) in [6, 6.07) is 9.17. The molecule has 0 aliphatic heterocycles. The lowest BCUT2D eigenvalue weighted by Gasteiger charge is -2.11. The number of benzene rings is 2. The summed E-state index contributed by atoms with van der Waals surface area (Å²) in [5.74, 6) is 0.560. The number of nitrogens with zero attached hydrogens (tertiary/aromatic N) is 2. The second-order valence-corrected chi connectivity index (χ2v) is 7.74. The molecule has 132 valence electrons. The first-order valence-electron chi connectivity index (χ1n) is 7.79. The van der Waals surface area contributed by atoms with Gasteiger partial charge in [0.25, 0.3) is 5.91 Å². The number of fused-ring (bicyclic) bond motifs is 3. The van der Waals surface area contributed by atoms with Gasteiger partial charge in [-0.1, -0.05) is 17.4 Å². The molecule has 2 aromatic carbocycles. The maximum atomic E-state index is 12.8. The Morgan fingerprint density at radius 1 is 1.04 bits per heavy atom. The van der Waals surface area contributed by atoms with Crippen LogP contribution in [0.3, 0.4) is 0 Å². The quantitative estimate of drug-likeness (QED) is 0.560. The van der Waals surface area contributed by atoms with Gasteiger partial charge in [0, 0.05) is 0 Å². The predicted molar refractivity (Wildman–Crippen MR) is 105 cm³/mol. The second kappa shape index (κ2) is 6.54. The molecule has 1 amide bonds. The normalized spacial score (nSPS) is 11.0. The number of amides is 1. The van der Waals surface area contributed by atoms with Gasteiger partial charge in [-0.2, -0.15) is 0 Å². The molecule has 0 bridgehead atoms. The zero-order chi connectivity index (χ0) is 18.3. The Balaban J connectivity index is 1.74. The number of methoxy groups -OCH3 is 2. The van der Waals surface area contributed by atoms with Crippen molar-refractivity contribution in [2.24, 2.45) is 0 Å². The van der Waals surface area contributed by atoms with Crippen molar-refractivity contribution in [2.75, 3.05) is 19.5 Å². The van der Waals surface area contributed by atoms with Crippen molar-refractivity contribution >= 4 is 54.1 Å². The maximum absolute atomic E-state index is 12.8. The van der Waals surface area contributed by atoms with Crippen molar-refractivity contribution in [2.45, 2.75) is 6.92 Å². The number of nitrogens with one attached hydrogen (secondary N) is 1. The SMILES string of the molecule is COc1cccc(OC)c1C(=O)Nc1nc2ccc3sc(C)nc3c2s1. The molecular weight excluding hydrogens is 370 g/mol. The molecule has 0 saturated carbocycles. The number of hydrogen-bond donors (Lipinski definition) is 1. The minimum Gasteiger partial charge on any atom is -0.496 e. The van der Waals surface area contributed by atoms with Crippen LogP contribution in [0.1, 0.15) is 15.4 Å². The van der Waals surface area contributed by atoms with Gasteiger partial charge in [0.05, 0.1) is 34.1 Å². The zero-order valence-electron chi connectivity index (χ0n) is 14.3. The molecule has 0 unspecified atom stereocenters. The number of rotatable bonds is 4. The van der Waals surface area contributed by atoms with E-state index in [0.29, 0.717) is 22.2 Å².